The summed E-state index contributed by atoms with van der Waals surface area (Å²) >= 11 is 0. The van der Waals surface area contributed by atoms with Crippen LogP contribution in [0.25, 0.3) is 0 Å². The van der Waals surface area contributed by atoms with Crippen molar-refractivity contribution in [2.45, 2.75) is 13.8 Å². The van der Waals surface area contributed by atoms with Crippen LogP contribution in [0.4, 0.5) is 0 Å². The zero-order chi connectivity index (χ0) is 10.7. The lowest BCUT2D eigenvalue weighted by molar-refractivity contribution is 0.101. The van der Waals surface area contributed by atoms with Gasteiger partial charge in [-0.05, 0) is 25.5 Å². The fourth-order valence-electron chi connectivity index (χ4n) is 1.35. The van der Waals surface area contributed by atoms with Gasteiger partial charge < -0.3 is 4.74 Å². The molecule has 3 heteroatoms. The smallest absolute Gasteiger partial charge is 0.161 e. The molecule has 1 rings (SSSR count). The lowest BCUT2D eigenvalue weighted by atomic mass is 10.0. The second-order valence-electron chi connectivity index (χ2n) is 3.01. The van der Waals surface area contributed by atoms with Gasteiger partial charge in [0.05, 0.1) is 7.11 Å². The first-order chi connectivity index (χ1) is 6.61. The molecule has 0 unspecified atom stereocenters. The van der Waals surface area contributed by atoms with Crippen LogP contribution in [0.15, 0.2) is 12.1 Å². The molecule has 0 aliphatic rings. The summed E-state index contributed by atoms with van der Waals surface area (Å²) in [4.78, 5) is 11.2. The molecular formula is C11H11NO2. The Hall–Kier alpha value is -1.82. The van der Waals surface area contributed by atoms with E-state index in [0.717, 1.165) is 5.56 Å². The molecule has 0 fully saturated rings. The molecule has 0 amide bonds. The van der Waals surface area contributed by atoms with Gasteiger partial charge in [0, 0.05) is 5.56 Å². The number of benzene rings is 1. The maximum atomic E-state index is 11.2. The quantitative estimate of drug-likeness (QED) is 0.669. The van der Waals surface area contributed by atoms with Gasteiger partial charge in [-0.25, -0.2) is 0 Å². The zero-order valence-corrected chi connectivity index (χ0v) is 8.42. The van der Waals surface area contributed by atoms with Crippen LogP contribution in [0.2, 0.25) is 0 Å². The normalized spacial score (nSPS) is 9.29. The SMILES string of the molecule is COc1c(C)ccc(C(C)=O)c1C#N. The minimum absolute atomic E-state index is 0.125. The summed E-state index contributed by atoms with van der Waals surface area (Å²) < 4.78 is 5.08. The van der Waals surface area contributed by atoms with Crippen molar-refractivity contribution < 1.29 is 9.53 Å². The Labute approximate surface area is 82.9 Å². The maximum Gasteiger partial charge on any atom is 0.161 e. The number of nitrogens with zero attached hydrogens (tertiary/aromatic N) is 1. The minimum Gasteiger partial charge on any atom is -0.495 e. The number of carbonyl (C=O) groups is 1. The van der Waals surface area contributed by atoms with E-state index in [1.54, 1.807) is 12.1 Å². The molecule has 0 bridgehead atoms. The molecule has 0 aromatic heterocycles. The standard InChI is InChI=1S/C11H11NO2/c1-7-4-5-9(8(2)13)10(6-12)11(7)14-3/h4-5H,1-3H3. The van der Waals surface area contributed by atoms with Gasteiger partial charge in [0.1, 0.15) is 17.4 Å². The number of rotatable bonds is 2. The van der Waals surface area contributed by atoms with Crippen molar-refractivity contribution in [2.75, 3.05) is 7.11 Å². The molecule has 72 valence electrons. The molecule has 1 aromatic rings. The van der Waals surface area contributed by atoms with Gasteiger partial charge in [0.15, 0.2) is 5.78 Å². The second-order valence-corrected chi connectivity index (χ2v) is 3.01. The third kappa shape index (κ3) is 1.60. The third-order valence-electron chi connectivity index (χ3n) is 2.05. The molecule has 0 spiro atoms. The van der Waals surface area contributed by atoms with Gasteiger partial charge in [0.25, 0.3) is 0 Å². The van der Waals surface area contributed by atoms with E-state index < -0.39 is 0 Å². The maximum absolute atomic E-state index is 11.2. The van der Waals surface area contributed by atoms with E-state index in [2.05, 4.69) is 0 Å². The first-order valence-corrected chi connectivity index (χ1v) is 4.20. The number of aryl methyl sites for hydroxylation is 1. The van der Waals surface area contributed by atoms with Crippen LogP contribution < -0.4 is 4.74 Å². The van der Waals surface area contributed by atoms with E-state index in [1.165, 1.54) is 14.0 Å². The molecule has 0 heterocycles. The summed E-state index contributed by atoms with van der Waals surface area (Å²) in [5.41, 5.74) is 1.59. The summed E-state index contributed by atoms with van der Waals surface area (Å²) in [6.45, 7) is 3.27. The highest BCUT2D eigenvalue weighted by Crippen LogP contribution is 2.26. The van der Waals surface area contributed by atoms with E-state index in [0.29, 0.717) is 16.9 Å². The molecule has 0 aliphatic heterocycles. The van der Waals surface area contributed by atoms with Crippen molar-refractivity contribution in [3.05, 3.63) is 28.8 Å². The van der Waals surface area contributed by atoms with E-state index in [1.807, 2.05) is 13.0 Å². The Morgan fingerprint density at radius 2 is 2.14 bits per heavy atom. The predicted molar refractivity (Wildman–Crippen MR) is 52.5 cm³/mol. The number of ketones is 1. The zero-order valence-electron chi connectivity index (χ0n) is 8.42. The molecule has 0 aliphatic carbocycles. The van der Waals surface area contributed by atoms with E-state index >= 15 is 0 Å². The Kier molecular flexibility index (Phi) is 2.88. The molecule has 0 atom stereocenters. The van der Waals surface area contributed by atoms with E-state index in [-0.39, 0.29) is 5.78 Å². The lowest BCUT2D eigenvalue weighted by Crippen LogP contribution is -2.01. The molecule has 1 aromatic carbocycles. The average Bonchev–Trinajstić information content (AvgIpc) is 2.16. The molecule has 14 heavy (non-hydrogen) atoms. The Balaban J connectivity index is 3.50. The largest absolute Gasteiger partial charge is 0.495 e. The van der Waals surface area contributed by atoms with E-state index in [9.17, 15) is 4.79 Å². The molecule has 0 saturated carbocycles. The number of hydrogen-bond acceptors (Lipinski definition) is 3. The lowest BCUT2D eigenvalue weighted by Gasteiger charge is -2.08. The van der Waals surface area contributed by atoms with Crippen molar-refractivity contribution in [3.63, 3.8) is 0 Å². The summed E-state index contributed by atoms with van der Waals surface area (Å²) in [5, 5.41) is 8.92. The minimum atomic E-state index is -0.125. The molecule has 0 radical (unpaired) electrons. The summed E-state index contributed by atoms with van der Waals surface area (Å²) in [5.74, 6) is 0.361. The van der Waals surface area contributed by atoms with Crippen LogP contribution in [0.5, 0.6) is 5.75 Å². The van der Waals surface area contributed by atoms with Crippen LogP contribution in [0, 0.1) is 18.3 Å². The summed E-state index contributed by atoms with van der Waals surface area (Å²) in [6, 6.07) is 5.42. The fourth-order valence-corrected chi connectivity index (χ4v) is 1.35. The Morgan fingerprint density at radius 3 is 2.57 bits per heavy atom. The first kappa shape index (κ1) is 10.3. The molecular weight excluding hydrogens is 178 g/mol. The number of methoxy groups -OCH3 is 1. The second kappa shape index (κ2) is 3.93. The number of nitriles is 1. The Morgan fingerprint density at radius 1 is 1.50 bits per heavy atom. The van der Waals surface area contributed by atoms with E-state index in [4.69, 9.17) is 10.00 Å². The van der Waals surface area contributed by atoms with Crippen LogP contribution in [-0.2, 0) is 0 Å². The van der Waals surface area contributed by atoms with Crippen LogP contribution >= 0.6 is 0 Å². The molecule has 0 N–H and O–H groups in total. The number of carbonyl (C=O) groups excluding carboxylic acids is 1. The van der Waals surface area contributed by atoms with Gasteiger partial charge in [-0.3, -0.25) is 4.79 Å². The van der Waals surface area contributed by atoms with Crippen molar-refractivity contribution in [1.29, 1.82) is 5.26 Å². The average molecular weight is 189 g/mol. The summed E-state index contributed by atoms with van der Waals surface area (Å²) in [7, 11) is 1.49. The highest BCUT2D eigenvalue weighted by Gasteiger charge is 2.13. The number of hydrogen-bond donors (Lipinski definition) is 0. The summed E-state index contributed by atoms with van der Waals surface area (Å²) in [6.07, 6.45) is 0. The van der Waals surface area contributed by atoms with Crippen molar-refractivity contribution in [2.24, 2.45) is 0 Å². The van der Waals surface area contributed by atoms with Crippen molar-refractivity contribution in [3.8, 4) is 11.8 Å². The van der Waals surface area contributed by atoms with Crippen LogP contribution in [0.3, 0.4) is 0 Å². The monoisotopic (exact) mass is 189 g/mol. The van der Waals surface area contributed by atoms with Crippen molar-refractivity contribution in [1.82, 2.24) is 0 Å². The van der Waals surface area contributed by atoms with Gasteiger partial charge >= 0.3 is 0 Å². The first-order valence-electron chi connectivity index (χ1n) is 4.20. The number of Topliss-reactive ketones (excluding diaryl/α,β-unsaturated/α-hetero) is 1. The van der Waals surface area contributed by atoms with Crippen LogP contribution in [-0.4, -0.2) is 12.9 Å². The van der Waals surface area contributed by atoms with Gasteiger partial charge in [-0.15, -0.1) is 0 Å². The fraction of sp³-hybridized carbons (Fsp3) is 0.273. The topological polar surface area (TPSA) is 50.1 Å². The Bertz CT molecular complexity index is 416. The highest BCUT2D eigenvalue weighted by atomic mass is 16.5. The predicted octanol–water partition coefficient (Wildman–Crippen LogP) is 2.08. The van der Waals surface area contributed by atoms with Gasteiger partial charge in [-0.1, -0.05) is 6.07 Å². The van der Waals surface area contributed by atoms with Gasteiger partial charge in [0.2, 0.25) is 0 Å². The highest BCUT2D eigenvalue weighted by molar-refractivity contribution is 5.97. The number of ether oxygens (including phenoxy) is 1. The van der Waals surface area contributed by atoms with Crippen molar-refractivity contribution >= 4 is 5.78 Å². The molecule has 3 nitrogen and oxygen atoms in total. The van der Waals surface area contributed by atoms with Crippen LogP contribution in [0.1, 0.15) is 28.4 Å². The van der Waals surface area contributed by atoms with Gasteiger partial charge in [-0.2, -0.15) is 5.26 Å². The molecule has 0 saturated heterocycles. The third-order valence-corrected chi connectivity index (χ3v) is 2.05.